The molecule has 9 N–H and O–H groups in total. The van der Waals surface area contributed by atoms with Crippen LogP contribution >= 0.6 is 9.90 Å². The lowest BCUT2D eigenvalue weighted by Gasteiger charge is -1.32. The summed E-state index contributed by atoms with van der Waals surface area (Å²) in [5.74, 6) is 0. The van der Waals surface area contributed by atoms with Crippen molar-refractivity contribution in [1.82, 2.24) is 6.15 Å². The van der Waals surface area contributed by atoms with E-state index in [2.05, 4.69) is 0 Å². The van der Waals surface area contributed by atoms with Crippen molar-refractivity contribution in [1.29, 1.82) is 0 Å². The highest BCUT2D eigenvalue weighted by Gasteiger charge is 1.20. The summed E-state index contributed by atoms with van der Waals surface area (Å²) in [6.45, 7) is 0. The van der Waals surface area contributed by atoms with Crippen LogP contribution in [-0.2, 0) is 0 Å². The first kappa shape index (κ1) is 54.2. The van der Waals surface area contributed by atoms with Crippen molar-refractivity contribution in [3.8, 4) is 0 Å². The minimum absolute atomic E-state index is 0. The molecule has 20 heavy (non-hydrogen) atoms. The van der Waals surface area contributed by atoms with Gasteiger partial charge in [-0.3, -0.25) is 0 Å². The summed E-state index contributed by atoms with van der Waals surface area (Å²) in [4.78, 5) is 48.7. The Bertz CT molecular complexity index is 115. The lowest BCUT2D eigenvalue weighted by atomic mass is 13.4. The molecule has 19 nitrogen and oxygen atoms in total. The molecule has 0 aromatic heterocycles. The molecule has 0 aromatic carbocycles. The molecule has 0 rings (SSSR count). The highest BCUT2D eigenvalue weighted by atomic mass is 31.0. The molecule has 0 aromatic rings. The second-order valence-corrected chi connectivity index (χ2v) is 0.490. The maximum Gasteiger partial charge on any atom is 0.152 e. The first-order chi connectivity index (χ1) is 8.49. The van der Waals surface area contributed by atoms with Gasteiger partial charge < -0.3 is 37.4 Å². The van der Waals surface area contributed by atoms with Crippen molar-refractivity contribution in [3.63, 3.8) is 0 Å². The monoisotopic (exact) mass is 333 g/mol. The van der Waals surface area contributed by atoms with Crippen LogP contribution in [0.3, 0.4) is 0 Å². The van der Waals surface area contributed by atoms with Gasteiger partial charge in [-0.25, -0.2) is 0 Å². The van der Waals surface area contributed by atoms with Gasteiger partial charge in [0, 0.05) is 0 Å². The smallest absolute Gasteiger partial charge is 0.152 e. The van der Waals surface area contributed by atoms with Crippen LogP contribution in [-0.4, -0.2) is 31.2 Å². The van der Waals surface area contributed by atoms with E-state index in [0.29, 0.717) is 0 Å². The molecule has 0 aliphatic rings. The molecule has 20 heteroatoms. The van der Waals surface area contributed by atoms with E-state index >= 15 is 0 Å². The minimum Gasteiger partial charge on any atom is -0.379 e. The van der Waals surface area contributed by atoms with Gasteiger partial charge in [-0.15, -0.1) is 29.4 Å². The molecule has 0 radical (unpaired) electrons. The fourth-order valence-corrected chi connectivity index (χ4v) is 0. The molecular weight excluding hydrogens is 321 g/mol. The third kappa shape index (κ3) is 273. The quantitative estimate of drug-likeness (QED) is 0.185. The van der Waals surface area contributed by atoms with Crippen LogP contribution in [0, 0.1) is 29.4 Å². The lowest BCUT2D eigenvalue weighted by Crippen LogP contribution is -1.25. The van der Waals surface area contributed by atoms with Crippen LogP contribution in [0.15, 0.2) is 32.0 Å². The SMILES string of the molecule is N.O=NO.O=NO.O=NO.O=NO.O=NO.O=NO.P. The van der Waals surface area contributed by atoms with Crippen LogP contribution in [0.2, 0.25) is 0 Å². The fraction of sp³-hybridized carbons (Fsp3) is 0. The Kier molecular flexibility index (Phi) is 1200. The molecule has 1 atom stereocenters. The highest BCUT2D eigenvalue weighted by molar-refractivity contribution is 6.92. The van der Waals surface area contributed by atoms with E-state index < -0.39 is 0 Å². The third-order valence-electron chi connectivity index (χ3n) is 0. The van der Waals surface area contributed by atoms with Crippen LogP contribution in [0.1, 0.15) is 0 Å². The summed E-state index contributed by atoms with van der Waals surface area (Å²) in [5, 5.41) is 47.3. The van der Waals surface area contributed by atoms with Crippen LogP contribution in [0.5, 0.6) is 0 Å². The molecule has 0 saturated carbocycles. The number of hydrogen-bond donors (Lipinski definition) is 7. The number of hydrogen-bond acceptors (Lipinski definition) is 13. The Morgan fingerprint density at radius 2 is 0.400 bits per heavy atom. The summed E-state index contributed by atoms with van der Waals surface area (Å²) < 4.78 is 0. The Morgan fingerprint density at radius 3 is 0.400 bits per heavy atom. The second-order valence-electron chi connectivity index (χ2n) is 0.490. The Balaban J connectivity index is -0.0000000141. The number of rotatable bonds is 0. The van der Waals surface area contributed by atoms with Gasteiger partial charge in [0.15, 0.2) is 32.0 Å². The Hall–Kier alpha value is -3.21. The van der Waals surface area contributed by atoms with Gasteiger partial charge in [0.2, 0.25) is 0 Å². The van der Waals surface area contributed by atoms with Crippen LogP contribution in [0.25, 0.3) is 0 Å². The Morgan fingerprint density at radius 1 is 0.400 bits per heavy atom. The molecule has 0 amide bonds. The van der Waals surface area contributed by atoms with Gasteiger partial charge in [0.05, 0.1) is 0 Å². The summed E-state index contributed by atoms with van der Waals surface area (Å²) in [6.07, 6.45) is 0. The molecule has 0 saturated heterocycles. The summed E-state index contributed by atoms with van der Waals surface area (Å²) in [5.41, 5.74) is 0. The predicted octanol–water partition coefficient (Wildman–Crippen LogP) is 1.07. The summed E-state index contributed by atoms with van der Waals surface area (Å²) in [7, 11) is 0. The van der Waals surface area contributed by atoms with Crippen LogP contribution in [0.4, 0.5) is 0 Å². The molecule has 124 valence electrons. The molecule has 0 bridgehead atoms. The summed E-state index contributed by atoms with van der Waals surface area (Å²) >= 11 is 0. The standard InChI is InChI=1S/6HNO2.H3N.H3P/c6*2-1-3;;/h6*(H,2,3);2*1H3. The van der Waals surface area contributed by atoms with E-state index in [0.717, 1.165) is 0 Å². The highest BCUT2D eigenvalue weighted by Crippen LogP contribution is 1.26. The van der Waals surface area contributed by atoms with Crippen LogP contribution < -0.4 is 6.15 Å². The van der Waals surface area contributed by atoms with Gasteiger partial charge in [-0.1, -0.05) is 0 Å². The fourth-order valence-electron chi connectivity index (χ4n) is 0. The van der Waals surface area contributed by atoms with E-state index in [4.69, 9.17) is 60.7 Å². The van der Waals surface area contributed by atoms with Crippen molar-refractivity contribution in [2.24, 2.45) is 32.0 Å². The van der Waals surface area contributed by atoms with Crippen molar-refractivity contribution in [2.45, 2.75) is 0 Å². The molecule has 0 aliphatic heterocycles. The van der Waals surface area contributed by atoms with Crippen molar-refractivity contribution in [3.05, 3.63) is 29.4 Å². The first-order valence-corrected chi connectivity index (χ1v) is 2.30. The van der Waals surface area contributed by atoms with E-state index in [1.807, 2.05) is 0 Å². The first-order valence-electron chi connectivity index (χ1n) is 2.30. The molecule has 0 spiro atoms. The topological polar surface area (TPSA) is 333 Å². The Labute approximate surface area is 110 Å². The van der Waals surface area contributed by atoms with Crippen molar-refractivity contribution >= 4 is 9.90 Å². The predicted molar refractivity (Wildman–Crippen MR) is 61.6 cm³/mol. The maximum atomic E-state index is 8.11. The van der Waals surface area contributed by atoms with E-state index in [1.54, 1.807) is 0 Å². The van der Waals surface area contributed by atoms with E-state index in [-0.39, 0.29) is 16.0 Å². The largest absolute Gasteiger partial charge is 0.379 e. The van der Waals surface area contributed by atoms with Gasteiger partial charge in [-0.05, 0) is 0 Å². The van der Waals surface area contributed by atoms with E-state index in [9.17, 15) is 0 Å². The van der Waals surface area contributed by atoms with E-state index in [1.165, 1.54) is 32.0 Å². The molecule has 1 unspecified atom stereocenters. The zero-order valence-corrected chi connectivity index (χ0v) is 10.6. The normalized spacial score (nSPS) is 3.60. The van der Waals surface area contributed by atoms with Gasteiger partial charge in [0.1, 0.15) is 0 Å². The lowest BCUT2D eigenvalue weighted by molar-refractivity contribution is 0.312. The zero-order chi connectivity index (χ0) is 16.2. The molecule has 0 fully saturated rings. The average Bonchev–Trinajstić information content (AvgIpc) is 2.23. The van der Waals surface area contributed by atoms with Gasteiger partial charge in [-0.2, -0.15) is 9.90 Å². The van der Waals surface area contributed by atoms with Crippen molar-refractivity contribution < 1.29 is 31.2 Å². The van der Waals surface area contributed by atoms with Gasteiger partial charge >= 0.3 is 0 Å². The zero-order valence-electron chi connectivity index (χ0n) is 9.23. The van der Waals surface area contributed by atoms with Crippen molar-refractivity contribution in [2.75, 3.05) is 0 Å². The average molecular weight is 333 g/mol. The molecular formula is H12N7O12P. The molecule has 0 heterocycles. The number of nitrogens with zero attached hydrogens (tertiary/aromatic N) is 6. The second kappa shape index (κ2) is 444. The molecule has 0 aliphatic carbocycles. The third-order valence-corrected chi connectivity index (χ3v) is 0. The van der Waals surface area contributed by atoms with Gasteiger partial charge in [0.25, 0.3) is 0 Å². The maximum absolute atomic E-state index is 8.11. The summed E-state index contributed by atoms with van der Waals surface area (Å²) in [6, 6.07) is 0. The minimum atomic E-state index is 0.